The number of aliphatic hydroxyl groups is 1. The number of benzene rings is 2. The maximum atomic E-state index is 12.6. The van der Waals surface area contributed by atoms with E-state index in [1.165, 1.54) is 0 Å². The molecule has 2 aromatic carbocycles. The van der Waals surface area contributed by atoms with Crippen molar-refractivity contribution in [1.82, 2.24) is 10.6 Å². The second-order valence-corrected chi connectivity index (χ2v) is 9.70. The van der Waals surface area contributed by atoms with Crippen molar-refractivity contribution in [3.05, 3.63) is 59.7 Å². The summed E-state index contributed by atoms with van der Waals surface area (Å²) in [6.45, 7) is 0.276. The number of carbonyl (C=O) groups excluding carboxylic acids is 2. The molecule has 1 saturated carbocycles. The second-order valence-electron chi connectivity index (χ2n) is 9.70. The summed E-state index contributed by atoms with van der Waals surface area (Å²) in [6.07, 6.45) is 4.01. The molecule has 35 heavy (non-hydrogen) atoms. The summed E-state index contributed by atoms with van der Waals surface area (Å²) < 4.78 is 12.2. The number of ether oxygens (including phenoxy) is 2. The van der Waals surface area contributed by atoms with Gasteiger partial charge < -0.3 is 30.5 Å². The van der Waals surface area contributed by atoms with E-state index < -0.39 is 6.10 Å². The van der Waals surface area contributed by atoms with Crippen molar-refractivity contribution in [2.45, 2.75) is 75.3 Å². The molecule has 0 unspecified atom stereocenters. The van der Waals surface area contributed by atoms with Crippen LogP contribution in [-0.2, 0) is 16.1 Å². The number of fused-ring (bicyclic) bond motifs is 3. The van der Waals surface area contributed by atoms with Gasteiger partial charge >= 0.3 is 6.03 Å². The lowest BCUT2D eigenvalue weighted by molar-refractivity contribution is -0.142. The zero-order valence-corrected chi connectivity index (χ0v) is 19.7. The summed E-state index contributed by atoms with van der Waals surface area (Å²) in [6, 6.07) is 15.4. The molecular weight excluding hydrogens is 446 g/mol. The third-order valence-electron chi connectivity index (χ3n) is 7.19. The van der Waals surface area contributed by atoms with Gasteiger partial charge in [-0.15, -0.1) is 0 Å². The topological polar surface area (TPSA) is 109 Å². The summed E-state index contributed by atoms with van der Waals surface area (Å²) in [4.78, 5) is 25.0. The number of carbonyl (C=O) groups is 2. The third kappa shape index (κ3) is 5.60. The molecule has 8 heteroatoms. The van der Waals surface area contributed by atoms with Crippen LogP contribution in [-0.4, -0.2) is 48.0 Å². The van der Waals surface area contributed by atoms with Crippen molar-refractivity contribution in [2.75, 3.05) is 11.9 Å². The van der Waals surface area contributed by atoms with Crippen LogP contribution in [0.3, 0.4) is 0 Å². The molecule has 1 saturated heterocycles. The van der Waals surface area contributed by atoms with E-state index in [2.05, 4.69) is 16.0 Å². The minimum absolute atomic E-state index is 0.0255. The lowest BCUT2D eigenvalue weighted by atomic mass is 9.84. The van der Waals surface area contributed by atoms with Crippen LogP contribution in [0, 0.1) is 0 Å². The van der Waals surface area contributed by atoms with Crippen LogP contribution < -0.4 is 20.7 Å². The number of amides is 3. The van der Waals surface area contributed by atoms with E-state index in [1.807, 2.05) is 48.5 Å². The molecule has 4 N–H and O–H groups in total. The van der Waals surface area contributed by atoms with Crippen molar-refractivity contribution in [3.63, 3.8) is 0 Å². The van der Waals surface area contributed by atoms with Crippen LogP contribution in [0.2, 0.25) is 0 Å². The number of urea groups is 1. The average Bonchev–Trinajstić information content (AvgIpc) is 3.50. The first kappa shape index (κ1) is 23.6. The van der Waals surface area contributed by atoms with Crippen molar-refractivity contribution in [1.29, 1.82) is 0 Å². The highest BCUT2D eigenvalue weighted by Gasteiger charge is 2.46. The molecule has 0 spiro atoms. The van der Waals surface area contributed by atoms with E-state index in [0.29, 0.717) is 18.7 Å². The molecular formula is C27H33N3O5. The van der Waals surface area contributed by atoms with Gasteiger partial charge in [-0.3, -0.25) is 4.79 Å². The highest BCUT2D eigenvalue weighted by atomic mass is 16.6. The van der Waals surface area contributed by atoms with Gasteiger partial charge in [-0.25, -0.2) is 4.79 Å². The Morgan fingerprint density at radius 2 is 1.86 bits per heavy atom. The van der Waals surface area contributed by atoms with E-state index in [0.717, 1.165) is 42.6 Å². The average molecular weight is 480 g/mol. The Hall–Kier alpha value is -3.10. The van der Waals surface area contributed by atoms with Gasteiger partial charge in [0.2, 0.25) is 5.91 Å². The first-order chi connectivity index (χ1) is 17.1. The minimum atomic E-state index is -0.518. The first-order valence-corrected chi connectivity index (χ1v) is 12.5. The first-order valence-electron chi connectivity index (χ1n) is 12.5. The quantitative estimate of drug-likeness (QED) is 0.486. The number of hydrogen-bond acceptors (Lipinski definition) is 5. The van der Waals surface area contributed by atoms with Gasteiger partial charge in [-0.1, -0.05) is 43.2 Å². The summed E-state index contributed by atoms with van der Waals surface area (Å²) >= 11 is 0. The molecule has 2 fully saturated rings. The van der Waals surface area contributed by atoms with Gasteiger partial charge in [0.25, 0.3) is 0 Å². The van der Waals surface area contributed by atoms with E-state index >= 15 is 0 Å². The summed E-state index contributed by atoms with van der Waals surface area (Å²) in [5, 5.41) is 18.9. The fourth-order valence-electron chi connectivity index (χ4n) is 5.47. The lowest BCUT2D eigenvalue weighted by Crippen LogP contribution is -2.47. The molecule has 3 aliphatic rings. The number of anilines is 1. The zero-order chi connectivity index (χ0) is 24.2. The van der Waals surface area contributed by atoms with Crippen LogP contribution in [0.15, 0.2) is 48.5 Å². The number of aliphatic hydroxyl groups excluding tert-OH is 1. The number of nitrogens with one attached hydrogen (secondary N) is 3. The van der Waals surface area contributed by atoms with Crippen molar-refractivity contribution < 1.29 is 24.2 Å². The van der Waals surface area contributed by atoms with Crippen molar-refractivity contribution >= 4 is 17.6 Å². The monoisotopic (exact) mass is 479 g/mol. The van der Waals surface area contributed by atoms with E-state index in [4.69, 9.17) is 9.47 Å². The lowest BCUT2D eigenvalue weighted by Gasteiger charge is -2.37. The Balaban J connectivity index is 1.22. The third-order valence-corrected chi connectivity index (χ3v) is 7.19. The Labute approximate surface area is 205 Å². The van der Waals surface area contributed by atoms with Crippen LogP contribution >= 0.6 is 0 Å². The molecule has 0 bridgehead atoms. The molecule has 4 atom stereocenters. The SMILES string of the molecule is O=C(C[C@H]1C[C@@H]2c3cc(NC(=O)NC4CCCC4)ccc3O[C@@H]2[C@@H](CO)O1)NCc1ccccc1. The Bertz CT molecular complexity index is 1040. The molecule has 5 rings (SSSR count). The molecule has 186 valence electrons. The van der Waals surface area contributed by atoms with Crippen LogP contribution in [0.25, 0.3) is 0 Å². The fraction of sp³-hybridized carbons (Fsp3) is 0.481. The largest absolute Gasteiger partial charge is 0.487 e. The molecule has 3 amide bonds. The van der Waals surface area contributed by atoms with Crippen molar-refractivity contribution in [2.24, 2.45) is 0 Å². The van der Waals surface area contributed by atoms with E-state index in [9.17, 15) is 14.7 Å². The van der Waals surface area contributed by atoms with Gasteiger partial charge in [0.15, 0.2) is 0 Å². The van der Waals surface area contributed by atoms with E-state index in [-0.39, 0.29) is 49.1 Å². The Kier molecular flexibility index (Phi) is 7.20. The highest BCUT2D eigenvalue weighted by molar-refractivity contribution is 5.89. The smallest absolute Gasteiger partial charge is 0.319 e. The van der Waals surface area contributed by atoms with Crippen molar-refractivity contribution in [3.8, 4) is 5.75 Å². The fourth-order valence-corrected chi connectivity index (χ4v) is 5.47. The summed E-state index contributed by atoms with van der Waals surface area (Å²) in [7, 11) is 0. The van der Waals surface area contributed by atoms with Gasteiger partial charge in [-0.05, 0) is 43.0 Å². The maximum Gasteiger partial charge on any atom is 0.319 e. The number of rotatable bonds is 7. The minimum Gasteiger partial charge on any atom is -0.487 e. The predicted octanol–water partition coefficient (Wildman–Crippen LogP) is 3.45. The molecule has 8 nitrogen and oxygen atoms in total. The summed E-state index contributed by atoms with van der Waals surface area (Å²) in [5.74, 6) is 0.618. The van der Waals surface area contributed by atoms with Crippen LogP contribution in [0.5, 0.6) is 5.75 Å². The van der Waals surface area contributed by atoms with Gasteiger partial charge in [-0.2, -0.15) is 0 Å². The van der Waals surface area contributed by atoms with Crippen LogP contribution in [0.1, 0.15) is 55.6 Å². The normalized spacial score (nSPS) is 25.3. The van der Waals surface area contributed by atoms with Crippen LogP contribution in [0.4, 0.5) is 10.5 Å². The van der Waals surface area contributed by atoms with Gasteiger partial charge in [0.1, 0.15) is 18.0 Å². The molecule has 1 aliphatic carbocycles. The highest BCUT2D eigenvalue weighted by Crippen LogP contribution is 2.47. The Morgan fingerprint density at radius 1 is 1.06 bits per heavy atom. The zero-order valence-electron chi connectivity index (χ0n) is 19.7. The maximum absolute atomic E-state index is 12.6. The molecule has 2 aliphatic heterocycles. The molecule has 2 aromatic rings. The Morgan fingerprint density at radius 3 is 2.63 bits per heavy atom. The molecule has 0 radical (unpaired) electrons. The molecule has 0 aromatic heterocycles. The molecule has 2 heterocycles. The van der Waals surface area contributed by atoms with E-state index in [1.54, 1.807) is 0 Å². The standard InChI is InChI=1S/C27H33N3O5/c31-16-24-26-22(13-20(34-24)14-25(32)28-15-17-6-2-1-3-7-17)21-12-19(10-11-23(21)35-26)30-27(33)29-18-8-4-5-9-18/h1-3,6-7,10-12,18,20,22,24,26,31H,4-5,8-9,13-16H2,(H,28,32)(H2,29,30,33)/t20-,22-,24-,26+/m1/s1. The van der Waals surface area contributed by atoms with Gasteiger partial charge in [0, 0.05) is 29.8 Å². The van der Waals surface area contributed by atoms with Gasteiger partial charge in [0.05, 0.1) is 19.1 Å². The summed E-state index contributed by atoms with van der Waals surface area (Å²) in [5.41, 5.74) is 2.71. The predicted molar refractivity (Wildman–Crippen MR) is 131 cm³/mol. The second kappa shape index (κ2) is 10.7. The number of hydrogen-bond donors (Lipinski definition) is 4.